The summed E-state index contributed by atoms with van der Waals surface area (Å²) in [5.74, 6) is -0.474. The molecular formula is C23H23FN4O. The van der Waals surface area contributed by atoms with Gasteiger partial charge in [-0.15, -0.1) is 0 Å². The van der Waals surface area contributed by atoms with Crippen LogP contribution in [0.4, 0.5) is 15.8 Å². The summed E-state index contributed by atoms with van der Waals surface area (Å²) < 4.78 is 15.1. The van der Waals surface area contributed by atoms with Gasteiger partial charge in [-0.1, -0.05) is 6.07 Å². The second-order valence-electron chi connectivity index (χ2n) is 7.64. The van der Waals surface area contributed by atoms with Gasteiger partial charge in [0.2, 0.25) is 0 Å². The van der Waals surface area contributed by atoms with E-state index in [0.29, 0.717) is 5.69 Å². The molecule has 1 N–H and O–H groups in total. The number of nitrogens with one attached hydrogen (secondary N) is 1. The van der Waals surface area contributed by atoms with Crippen LogP contribution in [0.5, 0.6) is 0 Å². The maximum absolute atomic E-state index is 13.3. The van der Waals surface area contributed by atoms with Crippen molar-refractivity contribution in [2.24, 2.45) is 0 Å². The highest BCUT2D eigenvalue weighted by molar-refractivity contribution is 6.04. The Kier molecular flexibility index (Phi) is 4.34. The fourth-order valence-electron chi connectivity index (χ4n) is 4.46. The van der Waals surface area contributed by atoms with E-state index in [0.717, 1.165) is 61.4 Å². The van der Waals surface area contributed by atoms with E-state index < -0.39 is 0 Å². The van der Waals surface area contributed by atoms with Crippen molar-refractivity contribution in [2.45, 2.75) is 32.6 Å². The minimum absolute atomic E-state index is 0.190. The Balaban J connectivity index is 1.45. The van der Waals surface area contributed by atoms with E-state index in [4.69, 9.17) is 0 Å². The van der Waals surface area contributed by atoms with Crippen LogP contribution in [0.15, 0.2) is 42.5 Å². The average molecular weight is 390 g/mol. The Labute approximate surface area is 169 Å². The summed E-state index contributed by atoms with van der Waals surface area (Å²) in [5.41, 5.74) is 6.61. The van der Waals surface area contributed by atoms with Gasteiger partial charge in [0.25, 0.3) is 5.91 Å². The highest BCUT2D eigenvalue weighted by atomic mass is 19.1. The van der Waals surface area contributed by atoms with E-state index in [2.05, 4.69) is 34.4 Å². The third-order valence-corrected chi connectivity index (χ3v) is 5.93. The number of aromatic nitrogens is 2. The Morgan fingerprint density at radius 1 is 1.14 bits per heavy atom. The Hall–Kier alpha value is -3.15. The summed E-state index contributed by atoms with van der Waals surface area (Å²) in [6.45, 7) is 4.13. The van der Waals surface area contributed by atoms with Crippen LogP contribution in [0.1, 0.15) is 40.7 Å². The van der Waals surface area contributed by atoms with Crippen LogP contribution in [0, 0.1) is 5.82 Å². The number of anilines is 2. The monoisotopic (exact) mass is 390 g/mol. The molecule has 0 spiro atoms. The van der Waals surface area contributed by atoms with Crippen molar-refractivity contribution in [2.75, 3.05) is 23.3 Å². The van der Waals surface area contributed by atoms with Gasteiger partial charge < -0.3 is 10.2 Å². The molecule has 2 aliphatic rings. The molecule has 6 heteroatoms. The maximum atomic E-state index is 13.3. The minimum atomic E-state index is -0.284. The van der Waals surface area contributed by atoms with Crippen molar-refractivity contribution in [3.8, 4) is 5.69 Å². The molecule has 0 bridgehead atoms. The largest absolute Gasteiger partial charge is 0.371 e. The van der Waals surface area contributed by atoms with Crippen LogP contribution in [-0.2, 0) is 19.3 Å². The Morgan fingerprint density at radius 3 is 2.76 bits per heavy atom. The molecule has 1 aliphatic carbocycles. The normalized spacial score (nSPS) is 14.8. The fourth-order valence-corrected chi connectivity index (χ4v) is 4.46. The molecule has 1 amide bonds. The van der Waals surface area contributed by atoms with Crippen molar-refractivity contribution in [1.29, 1.82) is 0 Å². The quantitative estimate of drug-likeness (QED) is 0.729. The van der Waals surface area contributed by atoms with Gasteiger partial charge in [-0.25, -0.2) is 9.07 Å². The first-order chi connectivity index (χ1) is 14.1. The molecule has 1 aliphatic heterocycles. The van der Waals surface area contributed by atoms with Gasteiger partial charge in [0, 0.05) is 35.7 Å². The molecule has 2 aromatic carbocycles. The van der Waals surface area contributed by atoms with Crippen LogP contribution in [0.25, 0.3) is 5.69 Å². The lowest BCUT2D eigenvalue weighted by Gasteiger charge is -2.17. The molecule has 0 unspecified atom stereocenters. The zero-order valence-corrected chi connectivity index (χ0v) is 16.4. The number of amides is 1. The molecule has 2 heterocycles. The van der Waals surface area contributed by atoms with Gasteiger partial charge in [-0.2, -0.15) is 5.10 Å². The predicted molar refractivity (Wildman–Crippen MR) is 112 cm³/mol. The second-order valence-corrected chi connectivity index (χ2v) is 7.64. The molecule has 3 aromatic rings. The zero-order chi connectivity index (χ0) is 20.0. The molecule has 29 heavy (non-hydrogen) atoms. The zero-order valence-electron chi connectivity index (χ0n) is 16.4. The molecule has 5 rings (SSSR count). The Bertz CT molecular complexity index is 1090. The number of nitrogens with zero attached hydrogens (tertiary/aromatic N) is 3. The number of hydrogen-bond acceptors (Lipinski definition) is 3. The van der Waals surface area contributed by atoms with E-state index >= 15 is 0 Å². The number of rotatable bonds is 4. The smallest absolute Gasteiger partial charge is 0.276 e. The number of carbonyl (C=O) groups is 1. The van der Waals surface area contributed by atoms with E-state index in [-0.39, 0.29) is 11.7 Å². The summed E-state index contributed by atoms with van der Waals surface area (Å²) in [4.78, 5) is 15.4. The standard InChI is InChI=1S/C23H23FN4O/c1-2-27-13-12-15-6-9-17(14-21(15)27)25-23(29)22-19-4-3-5-20(19)28(26-22)18-10-7-16(24)8-11-18/h6-11,14H,2-5,12-13H2,1H3,(H,25,29). The first-order valence-corrected chi connectivity index (χ1v) is 10.2. The number of carbonyl (C=O) groups excluding carboxylic acids is 1. The van der Waals surface area contributed by atoms with Crippen molar-refractivity contribution in [3.05, 3.63) is 70.8 Å². The van der Waals surface area contributed by atoms with Crippen LogP contribution in [-0.4, -0.2) is 28.8 Å². The number of likely N-dealkylation sites (N-methyl/N-ethyl adjacent to an activating group) is 1. The lowest BCUT2D eigenvalue weighted by Crippen LogP contribution is -2.19. The summed E-state index contributed by atoms with van der Waals surface area (Å²) in [5, 5.41) is 7.64. The first-order valence-electron chi connectivity index (χ1n) is 10.2. The molecule has 0 atom stereocenters. The van der Waals surface area contributed by atoms with Crippen molar-refractivity contribution < 1.29 is 9.18 Å². The van der Waals surface area contributed by atoms with E-state index in [9.17, 15) is 9.18 Å². The molecule has 0 saturated carbocycles. The van der Waals surface area contributed by atoms with Crippen molar-refractivity contribution in [1.82, 2.24) is 9.78 Å². The van der Waals surface area contributed by atoms with E-state index in [1.165, 1.54) is 23.4 Å². The number of benzene rings is 2. The third kappa shape index (κ3) is 3.09. The van der Waals surface area contributed by atoms with Gasteiger partial charge in [0.15, 0.2) is 5.69 Å². The SMILES string of the molecule is CCN1CCc2ccc(NC(=O)c3nn(-c4ccc(F)cc4)c4c3CCC4)cc21. The summed E-state index contributed by atoms with van der Waals surface area (Å²) >= 11 is 0. The van der Waals surface area contributed by atoms with Gasteiger partial charge >= 0.3 is 0 Å². The van der Waals surface area contributed by atoms with Gasteiger partial charge in [0.1, 0.15) is 5.82 Å². The van der Waals surface area contributed by atoms with E-state index in [1.54, 1.807) is 16.8 Å². The lowest BCUT2D eigenvalue weighted by atomic mass is 10.1. The predicted octanol–water partition coefficient (Wildman–Crippen LogP) is 4.13. The number of halogens is 1. The summed E-state index contributed by atoms with van der Waals surface area (Å²) in [6.07, 6.45) is 3.76. The molecule has 1 aromatic heterocycles. The van der Waals surface area contributed by atoms with Crippen LogP contribution in [0.3, 0.4) is 0 Å². The van der Waals surface area contributed by atoms with Gasteiger partial charge in [-0.05, 0) is 74.6 Å². The highest BCUT2D eigenvalue weighted by Crippen LogP contribution is 2.32. The number of hydrogen-bond donors (Lipinski definition) is 1. The molecule has 5 nitrogen and oxygen atoms in total. The molecule has 0 fully saturated rings. The second kappa shape index (κ2) is 7.03. The summed E-state index contributed by atoms with van der Waals surface area (Å²) in [6, 6.07) is 12.4. The molecule has 0 saturated heterocycles. The van der Waals surface area contributed by atoms with Crippen LogP contribution in [0.2, 0.25) is 0 Å². The molecule has 0 radical (unpaired) electrons. The fraction of sp³-hybridized carbons (Fsp3) is 0.304. The topological polar surface area (TPSA) is 50.2 Å². The third-order valence-electron chi connectivity index (χ3n) is 5.93. The summed E-state index contributed by atoms with van der Waals surface area (Å²) in [7, 11) is 0. The minimum Gasteiger partial charge on any atom is -0.371 e. The van der Waals surface area contributed by atoms with Crippen LogP contribution < -0.4 is 10.2 Å². The number of fused-ring (bicyclic) bond motifs is 2. The van der Waals surface area contributed by atoms with Crippen LogP contribution >= 0.6 is 0 Å². The Morgan fingerprint density at radius 2 is 1.97 bits per heavy atom. The maximum Gasteiger partial charge on any atom is 0.276 e. The first kappa shape index (κ1) is 17.9. The highest BCUT2D eigenvalue weighted by Gasteiger charge is 2.27. The lowest BCUT2D eigenvalue weighted by molar-refractivity contribution is 0.102. The average Bonchev–Trinajstić information content (AvgIpc) is 3.43. The molecule has 148 valence electrons. The van der Waals surface area contributed by atoms with Gasteiger partial charge in [0.05, 0.1) is 5.69 Å². The van der Waals surface area contributed by atoms with Gasteiger partial charge in [-0.3, -0.25) is 4.79 Å². The van der Waals surface area contributed by atoms with E-state index in [1.807, 2.05) is 6.07 Å². The molecular weight excluding hydrogens is 367 g/mol. The van der Waals surface area contributed by atoms with Crippen molar-refractivity contribution in [3.63, 3.8) is 0 Å². The van der Waals surface area contributed by atoms with Crippen molar-refractivity contribution >= 4 is 17.3 Å².